The van der Waals surface area contributed by atoms with Crippen molar-refractivity contribution in [1.82, 2.24) is 5.16 Å². The van der Waals surface area contributed by atoms with Crippen LogP contribution in [-0.4, -0.2) is 12.3 Å². The molecule has 13 heavy (non-hydrogen) atoms. The van der Waals surface area contributed by atoms with Gasteiger partial charge in [-0.3, -0.25) is 0 Å². The fourth-order valence-electron chi connectivity index (χ4n) is 1.19. The van der Waals surface area contributed by atoms with Gasteiger partial charge in [0.05, 0.1) is 7.11 Å². The van der Waals surface area contributed by atoms with Crippen LogP contribution in [0.2, 0.25) is 0 Å². The van der Waals surface area contributed by atoms with E-state index in [-0.39, 0.29) is 0 Å². The summed E-state index contributed by atoms with van der Waals surface area (Å²) in [5.74, 6) is 0.782. The highest BCUT2D eigenvalue weighted by Crippen LogP contribution is 2.24. The molecule has 0 atom stereocenters. The number of rotatable bonds is 2. The average Bonchev–Trinajstić information content (AvgIpc) is 2.59. The van der Waals surface area contributed by atoms with Crippen LogP contribution in [0.3, 0.4) is 0 Å². The van der Waals surface area contributed by atoms with Crippen molar-refractivity contribution in [2.24, 2.45) is 0 Å². The Bertz CT molecular complexity index is 424. The molecule has 0 aliphatic carbocycles. The third kappa shape index (κ3) is 1.42. The quantitative estimate of drug-likeness (QED) is 0.759. The van der Waals surface area contributed by atoms with Crippen LogP contribution in [0, 0.1) is 0 Å². The van der Waals surface area contributed by atoms with Gasteiger partial charge in [-0.25, -0.2) is 0 Å². The summed E-state index contributed by atoms with van der Waals surface area (Å²) in [5.41, 5.74) is 1.67. The van der Waals surface area contributed by atoms with E-state index in [1.165, 1.54) is 0 Å². The summed E-state index contributed by atoms with van der Waals surface area (Å²) in [4.78, 5) is 0. The molecular formula is C9H8BrNO2. The third-order valence-electron chi connectivity index (χ3n) is 1.88. The van der Waals surface area contributed by atoms with Crippen molar-refractivity contribution in [2.45, 2.75) is 5.33 Å². The van der Waals surface area contributed by atoms with Gasteiger partial charge in [-0.1, -0.05) is 21.1 Å². The van der Waals surface area contributed by atoms with Crippen molar-refractivity contribution >= 4 is 26.9 Å². The molecule has 0 saturated carbocycles. The number of methoxy groups -OCH3 is 1. The van der Waals surface area contributed by atoms with Gasteiger partial charge in [0.15, 0.2) is 5.58 Å². The highest BCUT2D eigenvalue weighted by atomic mass is 79.9. The Kier molecular flexibility index (Phi) is 2.22. The highest BCUT2D eigenvalue weighted by molar-refractivity contribution is 9.08. The van der Waals surface area contributed by atoms with Crippen LogP contribution in [0.25, 0.3) is 11.0 Å². The van der Waals surface area contributed by atoms with E-state index < -0.39 is 0 Å². The Morgan fingerprint density at radius 1 is 1.54 bits per heavy atom. The predicted molar refractivity (Wildman–Crippen MR) is 53.2 cm³/mol. The minimum absolute atomic E-state index is 0.701. The molecule has 2 aromatic rings. The number of ether oxygens (including phenoxy) is 1. The second kappa shape index (κ2) is 3.38. The molecule has 3 nitrogen and oxygen atoms in total. The number of alkyl halides is 1. The van der Waals surface area contributed by atoms with E-state index in [0.29, 0.717) is 5.33 Å². The zero-order chi connectivity index (χ0) is 9.26. The lowest BCUT2D eigenvalue weighted by atomic mass is 10.2. The van der Waals surface area contributed by atoms with Crippen molar-refractivity contribution < 1.29 is 9.26 Å². The predicted octanol–water partition coefficient (Wildman–Crippen LogP) is 2.73. The van der Waals surface area contributed by atoms with E-state index in [0.717, 1.165) is 22.4 Å². The molecule has 0 amide bonds. The van der Waals surface area contributed by atoms with E-state index in [1.54, 1.807) is 7.11 Å². The van der Waals surface area contributed by atoms with Crippen LogP contribution in [0.15, 0.2) is 22.7 Å². The molecule has 1 aromatic carbocycles. The molecule has 4 heteroatoms. The van der Waals surface area contributed by atoms with Crippen LogP contribution in [0.4, 0.5) is 0 Å². The largest absolute Gasteiger partial charge is 0.497 e. The van der Waals surface area contributed by atoms with Gasteiger partial charge in [-0.15, -0.1) is 0 Å². The van der Waals surface area contributed by atoms with Crippen molar-refractivity contribution in [3.05, 3.63) is 23.9 Å². The molecule has 0 saturated heterocycles. The molecule has 0 radical (unpaired) electrons. The first-order valence-corrected chi connectivity index (χ1v) is 4.95. The van der Waals surface area contributed by atoms with Crippen LogP contribution in [-0.2, 0) is 5.33 Å². The summed E-state index contributed by atoms with van der Waals surface area (Å²) in [6, 6.07) is 5.67. The fraction of sp³-hybridized carbons (Fsp3) is 0.222. The monoisotopic (exact) mass is 241 g/mol. The van der Waals surface area contributed by atoms with E-state index in [4.69, 9.17) is 9.26 Å². The molecule has 0 aliphatic heterocycles. The number of aromatic nitrogens is 1. The number of halogens is 1. The lowest BCUT2D eigenvalue weighted by Gasteiger charge is -1.96. The summed E-state index contributed by atoms with van der Waals surface area (Å²) in [6.45, 7) is 0. The summed E-state index contributed by atoms with van der Waals surface area (Å²) in [7, 11) is 1.63. The van der Waals surface area contributed by atoms with Crippen LogP contribution in [0.5, 0.6) is 5.75 Å². The maximum Gasteiger partial charge on any atom is 0.170 e. The normalized spacial score (nSPS) is 10.6. The molecule has 0 unspecified atom stereocenters. The van der Waals surface area contributed by atoms with Crippen molar-refractivity contribution in [3.8, 4) is 5.75 Å². The summed E-state index contributed by atoms with van der Waals surface area (Å²) < 4.78 is 10.2. The maximum atomic E-state index is 5.12. The van der Waals surface area contributed by atoms with Gasteiger partial charge in [0.2, 0.25) is 0 Å². The molecule has 0 aliphatic rings. The van der Waals surface area contributed by atoms with E-state index in [2.05, 4.69) is 21.1 Å². The zero-order valence-corrected chi connectivity index (χ0v) is 8.67. The Labute approximate surface area is 83.8 Å². The molecule has 0 bridgehead atoms. The first-order valence-electron chi connectivity index (χ1n) is 3.83. The second-order valence-corrected chi connectivity index (χ2v) is 3.19. The van der Waals surface area contributed by atoms with Gasteiger partial charge in [0.25, 0.3) is 0 Å². The number of hydrogen-bond acceptors (Lipinski definition) is 3. The van der Waals surface area contributed by atoms with Crippen molar-refractivity contribution in [3.63, 3.8) is 0 Å². The van der Waals surface area contributed by atoms with Gasteiger partial charge < -0.3 is 9.26 Å². The minimum Gasteiger partial charge on any atom is -0.497 e. The molecule has 0 spiro atoms. The van der Waals surface area contributed by atoms with Gasteiger partial charge in [0.1, 0.15) is 11.4 Å². The smallest absolute Gasteiger partial charge is 0.170 e. The molecule has 1 heterocycles. The van der Waals surface area contributed by atoms with E-state index >= 15 is 0 Å². The number of nitrogens with zero attached hydrogens (tertiary/aromatic N) is 1. The topological polar surface area (TPSA) is 35.3 Å². The highest BCUT2D eigenvalue weighted by Gasteiger charge is 2.06. The maximum absolute atomic E-state index is 5.12. The zero-order valence-electron chi connectivity index (χ0n) is 7.08. The van der Waals surface area contributed by atoms with Crippen molar-refractivity contribution in [1.29, 1.82) is 0 Å². The number of hydrogen-bond donors (Lipinski definition) is 0. The average molecular weight is 242 g/mol. The Morgan fingerprint density at radius 2 is 2.38 bits per heavy atom. The lowest BCUT2D eigenvalue weighted by molar-refractivity contribution is 0.411. The fourth-order valence-corrected chi connectivity index (χ4v) is 1.60. The van der Waals surface area contributed by atoms with Gasteiger partial charge >= 0.3 is 0 Å². The van der Waals surface area contributed by atoms with Gasteiger partial charge in [0, 0.05) is 16.8 Å². The molecule has 0 fully saturated rings. The SMILES string of the molecule is COc1ccc2c(CBr)noc2c1. The molecule has 2 rings (SSSR count). The molecule has 1 aromatic heterocycles. The first kappa shape index (κ1) is 8.56. The molecular weight excluding hydrogens is 234 g/mol. The first-order chi connectivity index (χ1) is 6.35. The minimum atomic E-state index is 0.701. The summed E-state index contributed by atoms with van der Waals surface area (Å²) in [5, 5.41) is 5.64. The molecule has 68 valence electrons. The van der Waals surface area contributed by atoms with E-state index in [1.807, 2.05) is 18.2 Å². The Hall–Kier alpha value is -1.03. The standard InChI is InChI=1S/C9H8BrNO2/c1-12-6-2-3-7-8(5-10)11-13-9(7)4-6/h2-4H,5H2,1H3. The summed E-state index contributed by atoms with van der Waals surface area (Å²) >= 11 is 3.34. The Morgan fingerprint density at radius 3 is 3.08 bits per heavy atom. The van der Waals surface area contributed by atoms with Crippen LogP contribution < -0.4 is 4.74 Å². The van der Waals surface area contributed by atoms with Crippen molar-refractivity contribution in [2.75, 3.05) is 7.11 Å². The second-order valence-electron chi connectivity index (χ2n) is 2.62. The summed E-state index contributed by atoms with van der Waals surface area (Å²) in [6.07, 6.45) is 0. The Balaban J connectivity index is 2.61. The van der Waals surface area contributed by atoms with Crippen LogP contribution >= 0.6 is 15.9 Å². The molecule has 0 N–H and O–H groups in total. The van der Waals surface area contributed by atoms with Crippen LogP contribution in [0.1, 0.15) is 5.69 Å². The third-order valence-corrected chi connectivity index (χ3v) is 2.41. The van der Waals surface area contributed by atoms with E-state index in [9.17, 15) is 0 Å². The lowest BCUT2D eigenvalue weighted by Crippen LogP contribution is -1.81. The number of benzene rings is 1. The van der Waals surface area contributed by atoms with Gasteiger partial charge in [-0.2, -0.15) is 0 Å². The number of fused-ring (bicyclic) bond motifs is 1. The van der Waals surface area contributed by atoms with Gasteiger partial charge in [-0.05, 0) is 12.1 Å².